The molecular weight excluding hydrogens is 325 g/mol. The first-order valence-corrected chi connectivity index (χ1v) is 7.79. The molecule has 1 aromatic heterocycles. The van der Waals surface area contributed by atoms with Gasteiger partial charge in [-0.05, 0) is 52.0 Å². The predicted octanol–water partition coefficient (Wildman–Crippen LogP) is 3.80. The number of hydrogen-bond acceptors (Lipinski definition) is 6. The van der Waals surface area contributed by atoms with Crippen LogP contribution in [-0.2, 0) is 9.53 Å². The maximum Gasteiger partial charge on any atom is 0.313 e. The lowest BCUT2D eigenvalue weighted by molar-refractivity contribution is -0.153. The summed E-state index contributed by atoms with van der Waals surface area (Å²) in [4.78, 5) is 20.5. The Hall–Kier alpha value is -2.70. The van der Waals surface area contributed by atoms with Crippen LogP contribution >= 0.6 is 0 Å². The fourth-order valence-electron chi connectivity index (χ4n) is 2.03. The number of hydrogen-bond donors (Lipinski definition) is 1. The molecule has 0 aliphatic rings. The zero-order valence-corrected chi connectivity index (χ0v) is 15.0. The van der Waals surface area contributed by atoms with Crippen LogP contribution in [-0.4, -0.2) is 28.6 Å². The number of halogens is 1. The lowest BCUT2D eigenvalue weighted by Gasteiger charge is -2.39. The van der Waals surface area contributed by atoms with E-state index in [9.17, 15) is 9.18 Å². The molecule has 0 amide bonds. The first-order chi connectivity index (χ1) is 11.7. The van der Waals surface area contributed by atoms with Crippen molar-refractivity contribution in [2.24, 2.45) is 5.41 Å². The Morgan fingerprint density at radius 3 is 2.36 bits per heavy atom. The molecule has 2 rings (SSSR count). The lowest BCUT2D eigenvalue weighted by Crippen LogP contribution is -2.51. The molecule has 0 radical (unpaired) electrons. The SMILES string of the molecule is COC(=O)C(C)(C)C(C)(C)Nc1nccc(Oc2ccc(F)cc2)n1. The molecule has 0 saturated heterocycles. The third kappa shape index (κ3) is 4.23. The fourth-order valence-corrected chi connectivity index (χ4v) is 2.03. The molecule has 25 heavy (non-hydrogen) atoms. The van der Waals surface area contributed by atoms with E-state index in [-0.39, 0.29) is 11.8 Å². The van der Waals surface area contributed by atoms with E-state index >= 15 is 0 Å². The summed E-state index contributed by atoms with van der Waals surface area (Å²) in [7, 11) is 1.35. The first kappa shape index (κ1) is 18.6. The van der Waals surface area contributed by atoms with Crippen LogP contribution in [0.2, 0.25) is 0 Å². The third-order valence-corrected chi connectivity index (χ3v) is 4.35. The molecule has 7 heteroatoms. The van der Waals surface area contributed by atoms with Crippen molar-refractivity contribution in [1.29, 1.82) is 0 Å². The largest absolute Gasteiger partial charge is 0.469 e. The minimum Gasteiger partial charge on any atom is -0.469 e. The van der Waals surface area contributed by atoms with E-state index < -0.39 is 11.0 Å². The maximum atomic E-state index is 13.0. The van der Waals surface area contributed by atoms with Crippen LogP contribution in [0.5, 0.6) is 11.6 Å². The standard InChI is InChI=1S/C18H22FN3O3/c1-17(2,15(23)24-5)18(3,4)22-16-20-11-10-14(21-16)25-13-8-6-12(19)7-9-13/h6-11H,1-5H3,(H,20,21,22). The molecule has 0 fully saturated rings. The van der Waals surface area contributed by atoms with Crippen LogP contribution < -0.4 is 10.1 Å². The molecule has 0 bridgehead atoms. The third-order valence-electron chi connectivity index (χ3n) is 4.35. The van der Waals surface area contributed by atoms with E-state index in [4.69, 9.17) is 9.47 Å². The van der Waals surface area contributed by atoms with E-state index in [1.807, 2.05) is 13.8 Å². The summed E-state index contributed by atoms with van der Waals surface area (Å²) in [5.41, 5.74) is -1.51. The number of nitrogens with zero attached hydrogens (tertiary/aromatic N) is 2. The highest BCUT2D eigenvalue weighted by Gasteiger charge is 2.44. The van der Waals surface area contributed by atoms with E-state index in [0.29, 0.717) is 17.6 Å². The van der Waals surface area contributed by atoms with Crippen LogP contribution in [0, 0.1) is 11.2 Å². The van der Waals surface area contributed by atoms with Gasteiger partial charge in [0.05, 0.1) is 18.1 Å². The highest BCUT2D eigenvalue weighted by molar-refractivity contribution is 5.78. The van der Waals surface area contributed by atoms with Gasteiger partial charge in [-0.2, -0.15) is 4.98 Å². The second-order valence-corrected chi connectivity index (χ2v) is 6.64. The van der Waals surface area contributed by atoms with Crippen LogP contribution in [0.1, 0.15) is 27.7 Å². The maximum absolute atomic E-state index is 13.0. The number of carbonyl (C=O) groups excluding carboxylic acids is 1. The molecule has 1 N–H and O–H groups in total. The smallest absolute Gasteiger partial charge is 0.313 e. The number of rotatable bonds is 6. The second kappa shape index (κ2) is 7.04. The Morgan fingerprint density at radius 1 is 1.12 bits per heavy atom. The summed E-state index contributed by atoms with van der Waals surface area (Å²) >= 11 is 0. The van der Waals surface area contributed by atoms with Gasteiger partial charge in [-0.25, -0.2) is 9.37 Å². The van der Waals surface area contributed by atoms with Gasteiger partial charge < -0.3 is 14.8 Å². The Morgan fingerprint density at radius 2 is 1.76 bits per heavy atom. The highest BCUT2D eigenvalue weighted by Crippen LogP contribution is 2.34. The van der Waals surface area contributed by atoms with Gasteiger partial charge in [0.15, 0.2) is 0 Å². The molecule has 0 unspecified atom stereocenters. The minimum absolute atomic E-state index is 0.302. The molecule has 1 aromatic carbocycles. The van der Waals surface area contributed by atoms with Crippen LogP contribution in [0.4, 0.5) is 10.3 Å². The van der Waals surface area contributed by atoms with E-state index in [1.54, 1.807) is 19.9 Å². The van der Waals surface area contributed by atoms with Gasteiger partial charge in [0, 0.05) is 12.3 Å². The van der Waals surface area contributed by atoms with Crippen LogP contribution in [0.25, 0.3) is 0 Å². The molecule has 134 valence electrons. The molecular formula is C18H22FN3O3. The molecule has 6 nitrogen and oxygen atoms in total. The Bertz CT molecular complexity index is 745. The number of methoxy groups -OCH3 is 1. The Balaban J connectivity index is 2.18. The average molecular weight is 347 g/mol. The van der Waals surface area contributed by atoms with Crippen LogP contribution in [0.15, 0.2) is 36.5 Å². The molecule has 0 aliphatic heterocycles. The monoisotopic (exact) mass is 347 g/mol. The van der Waals surface area contributed by atoms with E-state index in [0.717, 1.165) is 0 Å². The summed E-state index contributed by atoms with van der Waals surface area (Å²) in [5.74, 6) is 0.380. The van der Waals surface area contributed by atoms with Gasteiger partial charge >= 0.3 is 5.97 Å². The molecule has 0 atom stereocenters. The summed E-state index contributed by atoms with van der Waals surface area (Å²) < 4.78 is 23.4. The number of benzene rings is 1. The molecule has 0 aliphatic carbocycles. The van der Waals surface area contributed by atoms with Gasteiger partial charge in [-0.15, -0.1) is 0 Å². The van der Waals surface area contributed by atoms with Crippen molar-refractivity contribution in [3.05, 3.63) is 42.3 Å². The van der Waals surface area contributed by atoms with E-state index in [2.05, 4.69) is 15.3 Å². The second-order valence-electron chi connectivity index (χ2n) is 6.64. The number of ether oxygens (including phenoxy) is 2. The van der Waals surface area contributed by atoms with Crippen molar-refractivity contribution in [2.75, 3.05) is 12.4 Å². The van der Waals surface area contributed by atoms with Gasteiger partial charge in [0.25, 0.3) is 0 Å². The zero-order chi connectivity index (χ0) is 18.7. The number of aromatic nitrogens is 2. The van der Waals surface area contributed by atoms with Gasteiger partial charge in [0.1, 0.15) is 11.6 Å². The summed E-state index contributed by atoms with van der Waals surface area (Å²) in [6, 6.07) is 7.21. The van der Waals surface area contributed by atoms with Crippen molar-refractivity contribution >= 4 is 11.9 Å². The van der Waals surface area contributed by atoms with Crippen molar-refractivity contribution in [3.63, 3.8) is 0 Å². The normalized spacial score (nSPS) is 11.8. The highest BCUT2D eigenvalue weighted by atomic mass is 19.1. The lowest BCUT2D eigenvalue weighted by atomic mass is 9.74. The molecule has 1 heterocycles. The zero-order valence-electron chi connectivity index (χ0n) is 15.0. The molecule has 0 saturated carbocycles. The van der Waals surface area contributed by atoms with Crippen molar-refractivity contribution in [1.82, 2.24) is 9.97 Å². The van der Waals surface area contributed by atoms with Crippen LogP contribution in [0.3, 0.4) is 0 Å². The average Bonchev–Trinajstić information content (AvgIpc) is 2.56. The van der Waals surface area contributed by atoms with E-state index in [1.165, 1.54) is 37.6 Å². The molecule has 2 aromatic rings. The fraction of sp³-hybridized carbons (Fsp3) is 0.389. The first-order valence-electron chi connectivity index (χ1n) is 7.79. The summed E-state index contributed by atoms with van der Waals surface area (Å²) in [6.45, 7) is 7.29. The quantitative estimate of drug-likeness (QED) is 0.801. The van der Waals surface area contributed by atoms with Crippen molar-refractivity contribution in [2.45, 2.75) is 33.2 Å². The predicted molar refractivity (Wildman–Crippen MR) is 92.0 cm³/mol. The Kier molecular flexibility index (Phi) is 5.25. The van der Waals surface area contributed by atoms with Gasteiger partial charge in [-0.3, -0.25) is 4.79 Å². The number of carbonyl (C=O) groups is 1. The van der Waals surface area contributed by atoms with Crippen molar-refractivity contribution in [3.8, 4) is 11.6 Å². The number of nitrogens with one attached hydrogen (secondary N) is 1. The number of esters is 1. The summed E-state index contributed by atoms with van der Waals surface area (Å²) in [5, 5.41) is 3.15. The summed E-state index contributed by atoms with van der Waals surface area (Å²) in [6.07, 6.45) is 1.54. The Labute approximate surface area is 146 Å². The van der Waals surface area contributed by atoms with Gasteiger partial charge in [0.2, 0.25) is 11.8 Å². The van der Waals surface area contributed by atoms with Crippen molar-refractivity contribution < 1.29 is 18.7 Å². The minimum atomic E-state index is -0.821. The molecule has 0 spiro atoms. The van der Waals surface area contributed by atoms with Gasteiger partial charge in [-0.1, -0.05) is 0 Å². The topological polar surface area (TPSA) is 73.3 Å². The number of anilines is 1.